The average molecular weight is 251 g/mol. The minimum Gasteiger partial charge on any atom is -0.369 e. The zero-order valence-electron chi connectivity index (χ0n) is 9.90. The lowest BCUT2D eigenvalue weighted by molar-refractivity contribution is -0.119. The zero-order valence-corrected chi connectivity index (χ0v) is 10.7. The number of nitrogens with zero attached hydrogens (tertiary/aromatic N) is 1. The van der Waals surface area contributed by atoms with Gasteiger partial charge < -0.3 is 11.5 Å². The summed E-state index contributed by atoms with van der Waals surface area (Å²) in [7, 11) is 0. The summed E-state index contributed by atoms with van der Waals surface area (Å²) < 4.78 is 0. The summed E-state index contributed by atoms with van der Waals surface area (Å²) in [6.45, 7) is 4.19. The van der Waals surface area contributed by atoms with Gasteiger partial charge in [0.15, 0.2) is 0 Å². The Morgan fingerprint density at radius 3 is 2.88 bits per heavy atom. The number of rotatable bonds is 5. The van der Waals surface area contributed by atoms with E-state index in [1.54, 1.807) is 11.3 Å². The van der Waals surface area contributed by atoms with E-state index < -0.39 is 0 Å². The lowest BCUT2D eigenvalue weighted by Crippen LogP contribution is -2.32. The Bertz CT molecular complexity index is 430. The molecule has 0 saturated carbocycles. The van der Waals surface area contributed by atoms with E-state index in [4.69, 9.17) is 11.5 Å². The molecular formula is C12H17N3OS. The molecule has 0 bridgehead atoms. The van der Waals surface area contributed by atoms with E-state index in [9.17, 15) is 4.79 Å². The average Bonchev–Trinajstić information content (AvgIpc) is 2.72. The van der Waals surface area contributed by atoms with Crippen LogP contribution in [0.5, 0.6) is 0 Å². The standard InChI is InChI=1S/C12H17N3OS/c1-2-15(9-12(14)16)8-11-6-5-10(17-11)4-3-7-13/h5-6H,2,7-9,13H2,1H3,(H2,14,16). The van der Waals surface area contributed by atoms with Gasteiger partial charge in [-0.1, -0.05) is 18.8 Å². The van der Waals surface area contributed by atoms with Crippen molar-refractivity contribution in [2.24, 2.45) is 11.5 Å². The van der Waals surface area contributed by atoms with Gasteiger partial charge in [-0.2, -0.15) is 0 Å². The molecule has 0 aliphatic carbocycles. The molecule has 1 aromatic rings. The second kappa shape index (κ2) is 7.07. The van der Waals surface area contributed by atoms with Crippen molar-refractivity contribution in [2.75, 3.05) is 19.6 Å². The number of likely N-dealkylation sites (N-methyl/N-ethyl adjacent to an activating group) is 1. The highest BCUT2D eigenvalue weighted by molar-refractivity contribution is 7.12. The number of primary amides is 1. The fourth-order valence-electron chi connectivity index (χ4n) is 1.39. The maximum absolute atomic E-state index is 10.9. The molecule has 1 amide bonds. The summed E-state index contributed by atoms with van der Waals surface area (Å²) >= 11 is 1.62. The lowest BCUT2D eigenvalue weighted by Gasteiger charge is -2.16. The van der Waals surface area contributed by atoms with Gasteiger partial charge in [-0.05, 0) is 18.7 Å². The smallest absolute Gasteiger partial charge is 0.231 e. The van der Waals surface area contributed by atoms with E-state index in [1.807, 2.05) is 24.0 Å². The molecule has 92 valence electrons. The molecule has 0 fully saturated rings. The Morgan fingerprint density at radius 1 is 1.53 bits per heavy atom. The lowest BCUT2D eigenvalue weighted by atomic mass is 10.3. The summed E-state index contributed by atoms with van der Waals surface area (Å²) in [6, 6.07) is 4.00. The van der Waals surface area contributed by atoms with Crippen LogP contribution in [-0.4, -0.2) is 30.4 Å². The van der Waals surface area contributed by atoms with Crippen molar-refractivity contribution in [2.45, 2.75) is 13.5 Å². The van der Waals surface area contributed by atoms with Crippen molar-refractivity contribution in [3.05, 3.63) is 21.9 Å². The van der Waals surface area contributed by atoms with Crippen molar-refractivity contribution in [1.29, 1.82) is 0 Å². The Balaban J connectivity index is 2.61. The second-order valence-electron chi connectivity index (χ2n) is 3.54. The van der Waals surface area contributed by atoms with Gasteiger partial charge in [0.2, 0.25) is 5.91 Å². The molecule has 0 saturated heterocycles. The Labute approximate surface area is 106 Å². The number of thiophene rings is 1. The van der Waals surface area contributed by atoms with E-state index in [1.165, 1.54) is 4.88 Å². The number of carbonyl (C=O) groups is 1. The molecule has 0 spiro atoms. The first-order valence-electron chi connectivity index (χ1n) is 5.44. The molecule has 0 radical (unpaired) electrons. The predicted octanol–water partition coefficient (Wildman–Crippen LogP) is 0.366. The van der Waals surface area contributed by atoms with E-state index in [0.29, 0.717) is 6.54 Å². The van der Waals surface area contributed by atoms with Crippen LogP contribution in [0.4, 0.5) is 0 Å². The van der Waals surface area contributed by atoms with Gasteiger partial charge in [0.25, 0.3) is 0 Å². The van der Waals surface area contributed by atoms with E-state index >= 15 is 0 Å². The van der Waals surface area contributed by atoms with E-state index in [0.717, 1.165) is 18.0 Å². The largest absolute Gasteiger partial charge is 0.369 e. The monoisotopic (exact) mass is 251 g/mol. The maximum atomic E-state index is 10.9. The Morgan fingerprint density at radius 2 is 2.29 bits per heavy atom. The Hall–Kier alpha value is -1.35. The van der Waals surface area contributed by atoms with Crippen LogP contribution in [0.3, 0.4) is 0 Å². The first kappa shape index (κ1) is 13.7. The van der Waals surface area contributed by atoms with Crippen LogP contribution in [0.2, 0.25) is 0 Å². The summed E-state index contributed by atoms with van der Waals surface area (Å²) in [6.07, 6.45) is 0. The maximum Gasteiger partial charge on any atom is 0.231 e. The molecular weight excluding hydrogens is 234 g/mol. The molecule has 0 aromatic carbocycles. The molecule has 0 atom stereocenters. The van der Waals surface area contributed by atoms with Crippen LogP contribution in [0.1, 0.15) is 16.7 Å². The normalized spacial score (nSPS) is 10.1. The van der Waals surface area contributed by atoms with Crippen LogP contribution in [0.25, 0.3) is 0 Å². The molecule has 4 N–H and O–H groups in total. The van der Waals surface area contributed by atoms with Gasteiger partial charge in [-0.25, -0.2) is 0 Å². The molecule has 5 heteroatoms. The fraction of sp³-hybridized carbons (Fsp3) is 0.417. The zero-order chi connectivity index (χ0) is 12.7. The fourth-order valence-corrected chi connectivity index (χ4v) is 2.31. The van der Waals surface area contributed by atoms with Gasteiger partial charge in [-0.3, -0.25) is 9.69 Å². The summed E-state index contributed by atoms with van der Waals surface area (Å²) in [4.78, 5) is 15.0. The van der Waals surface area contributed by atoms with Crippen molar-refractivity contribution >= 4 is 17.2 Å². The number of hydrogen-bond donors (Lipinski definition) is 2. The van der Waals surface area contributed by atoms with Crippen molar-refractivity contribution < 1.29 is 4.79 Å². The van der Waals surface area contributed by atoms with Gasteiger partial charge in [0, 0.05) is 11.4 Å². The van der Waals surface area contributed by atoms with Crippen molar-refractivity contribution in [3.63, 3.8) is 0 Å². The van der Waals surface area contributed by atoms with Crippen LogP contribution in [0.15, 0.2) is 12.1 Å². The van der Waals surface area contributed by atoms with Gasteiger partial charge >= 0.3 is 0 Å². The third kappa shape index (κ3) is 5.00. The van der Waals surface area contributed by atoms with Crippen LogP contribution >= 0.6 is 11.3 Å². The number of carbonyl (C=O) groups excluding carboxylic acids is 1. The third-order valence-corrected chi connectivity index (χ3v) is 3.17. The van der Waals surface area contributed by atoms with Crippen LogP contribution in [0, 0.1) is 11.8 Å². The third-order valence-electron chi connectivity index (χ3n) is 2.18. The van der Waals surface area contributed by atoms with Crippen molar-refractivity contribution in [3.8, 4) is 11.8 Å². The van der Waals surface area contributed by atoms with Crippen LogP contribution < -0.4 is 11.5 Å². The summed E-state index contributed by atoms with van der Waals surface area (Å²) in [5, 5.41) is 0. The summed E-state index contributed by atoms with van der Waals surface area (Å²) in [5.41, 5.74) is 10.5. The molecule has 17 heavy (non-hydrogen) atoms. The molecule has 0 aliphatic heterocycles. The first-order valence-corrected chi connectivity index (χ1v) is 6.25. The molecule has 0 unspecified atom stereocenters. The molecule has 0 aliphatic rings. The van der Waals surface area contributed by atoms with Gasteiger partial charge in [0.05, 0.1) is 18.0 Å². The van der Waals surface area contributed by atoms with Gasteiger partial charge in [-0.15, -0.1) is 11.3 Å². The molecule has 1 heterocycles. The molecule has 1 aromatic heterocycles. The highest BCUT2D eigenvalue weighted by Gasteiger charge is 2.08. The number of amides is 1. The topological polar surface area (TPSA) is 72.3 Å². The Kier molecular flexibility index (Phi) is 5.70. The highest BCUT2D eigenvalue weighted by atomic mass is 32.1. The van der Waals surface area contributed by atoms with Gasteiger partial charge in [0.1, 0.15) is 0 Å². The van der Waals surface area contributed by atoms with E-state index in [-0.39, 0.29) is 12.5 Å². The van der Waals surface area contributed by atoms with Crippen molar-refractivity contribution in [1.82, 2.24) is 4.90 Å². The second-order valence-corrected chi connectivity index (χ2v) is 4.71. The highest BCUT2D eigenvalue weighted by Crippen LogP contribution is 2.17. The quantitative estimate of drug-likeness (QED) is 0.742. The van der Waals surface area contributed by atoms with Crippen LogP contribution in [-0.2, 0) is 11.3 Å². The number of nitrogens with two attached hydrogens (primary N) is 2. The minimum atomic E-state index is -0.299. The molecule has 4 nitrogen and oxygen atoms in total. The summed E-state index contributed by atoms with van der Waals surface area (Å²) in [5.74, 6) is 5.51. The predicted molar refractivity (Wildman–Crippen MR) is 70.4 cm³/mol. The minimum absolute atomic E-state index is 0.290. The SMILES string of the molecule is CCN(CC(N)=O)Cc1ccc(C#CCN)s1. The van der Waals surface area contributed by atoms with E-state index in [2.05, 4.69) is 11.8 Å². The number of hydrogen-bond acceptors (Lipinski definition) is 4. The first-order chi connectivity index (χ1) is 8.15. The molecule has 1 rings (SSSR count).